The van der Waals surface area contributed by atoms with Crippen LogP contribution in [0.1, 0.15) is 40.0 Å². The number of piperidine rings is 1. The van der Waals surface area contributed by atoms with Crippen molar-refractivity contribution in [1.29, 1.82) is 0 Å². The van der Waals surface area contributed by atoms with Crippen molar-refractivity contribution in [3.63, 3.8) is 0 Å². The highest BCUT2D eigenvalue weighted by atomic mass is 16.6. The molecule has 1 aromatic rings. The predicted octanol–water partition coefficient (Wildman–Crippen LogP) is 2.15. The predicted molar refractivity (Wildman–Crippen MR) is 82.4 cm³/mol. The molecule has 0 aromatic carbocycles. The van der Waals surface area contributed by atoms with Gasteiger partial charge in [-0.2, -0.15) is 5.10 Å². The quantitative estimate of drug-likeness (QED) is 0.908. The van der Waals surface area contributed by atoms with E-state index in [1.807, 2.05) is 20.8 Å². The summed E-state index contributed by atoms with van der Waals surface area (Å²) in [6.45, 7) is 6.00. The van der Waals surface area contributed by atoms with Gasteiger partial charge in [0.25, 0.3) is 0 Å². The van der Waals surface area contributed by atoms with E-state index in [4.69, 9.17) is 4.74 Å². The van der Waals surface area contributed by atoms with Crippen molar-refractivity contribution in [1.82, 2.24) is 14.7 Å². The number of carbonyl (C=O) groups is 2. The van der Waals surface area contributed by atoms with Crippen molar-refractivity contribution in [2.75, 3.05) is 11.9 Å². The summed E-state index contributed by atoms with van der Waals surface area (Å²) in [5, 5.41) is 6.82. The lowest BCUT2D eigenvalue weighted by Gasteiger charge is -2.35. The van der Waals surface area contributed by atoms with Gasteiger partial charge in [-0.3, -0.25) is 14.4 Å². The Hall–Kier alpha value is -2.05. The Balaban J connectivity index is 2.05. The number of hydrogen-bond donors (Lipinski definition) is 1. The third-order valence-corrected chi connectivity index (χ3v) is 3.41. The molecule has 2 rings (SSSR count). The molecule has 7 heteroatoms. The Bertz CT molecular complexity index is 547. The molecule has 1 aromatic heterocycles. The number of likely N-dealkylation sites (tertiary alicyclic amines) is 1. The van der Waals surface area contributed by atoms with Crippen molar-refractivity contribution >= 4 is 17.7 Å². The van der Waals surface area contributed by atoms with Gasteiger partial charge in [0, 0.05) is 19.8 Å². The van der Waals surface area contributed by atoms with E-state index in [0.29, 0.717) is 18.7 Å². The second-order valence-corrected chi connectivity index (χ2v) is 6.58. The summed E-state index contributed by atoms with van der Waals surface area (Å²) in [6, 6.07) is -0.496. The summed E-state index contributed by atoms with van der Waals surface area (Å²) in [7, 11) is 1.78. The van der Waals surface area contributed by atoms with Crippen molar-refractivity contribution in [2.24, 2.45) is 7.05 Å². The van der Waals surface area contributed by atoms with E-state index in [0.717, 1.165) is 12.8 Å². The summed E-state index contributed by atoms with van der Waals surface area (Å²) in [6.07, 6.45) is 5.32. The molecule has 0 bridgehead atoms. The van der Waals surface area contributed by atoms with E-state index in [9.17, 15) is 9.59 Å². The molecule has 122 valence electrons. The maximum atomic E-state index is 12.5. The minimum atomic E-state index is -0.571. The van der Waals surface area contributed by atoms with Crippen molar-refractivity contribution in [2.45, 2.75) is 51.7 Å². The molecule has 1 aliphatic heterocycles. The third kappa shape index (κ3) is 4.22. The highest BCUT2D eigenvalue weighted by Crippen LogP contribution is 2.21. The minimum absolute atomic E-state index is 0.196. The van der Waals surface area contributed by atoms with Crippen LogP contribution >= 0.6 is 0 Å². The van der Waals surface area contributed by atoms with Gasteiger partial charge >= 0.3 is 6.09 Å². The van der Waals surface area contributed by atoms with Crippen LogP contribution in [-0.4, -0.2) is 44.9 Å². The Morgan fingerprint density at radius 2 is 2.09 bits per heavy atom. The molecule has 0 radical (unpaired) electrons. The van der Waals surface area contributed by atoms with Gasteiger partial charge in [0.15, 0.2) is 0 Å². The van der Waals surface area contributed by atoms with Crippen LogP contribution in [0.2, 0.25) is 0 Å². The molecule has 1 atom stereocenters. The van der Waals surface area contributed by atoms with Crippen LogP contribution in [0.3, 0.4) is 0 Å². The average molecular weight is 308 g/mol. The molecule has 1 N–H and O–H groups in total. The normalized spacial score (nSPS) is 18.9. The maximum absolute atomic E-state index is 12.5. The Morgan fingerprint density at radius 3 is 2.68 bits per heavy atom. The largest absolute Gasteiger partial charge is 0.444 e. The fraction of sp³-hybridized carbons (Fsp3) is 0.667. The molecular weight excluding hydrogens is 284 g/mol. The van der Waals surface area contributed by atoms with Gasteiger partial charge in [0.2, 0.25) is 5.91 Å². The number of hydrogen-bond acceptors (Lipinski definition) is 4. The fourth-order valence-corrected chi connectivity index (χ4v) is 2.45. The molecule has 7 nitrogen and oxygen atoms in total. The lowest BCUT2D eigenvalue weighted by molar-refractivity contribution is -0.122. The standard InChI is InChI=1S/C15H24N4O3/c1-15(2,3)22-14(21)19-8-6-5-7-12(19)13(20)17-11-9-16-18(4)10-11/h9-10,12H,5-8H2,1-4H3,(H,17,20)/t12-/m0/s1. The highest BCUT2D eigenvalue weighted by Gasteiger charge is 2.34. The van der Waals surface area contributed by atoms with Gasteiger partial charge in [0.1, 0.15) is 11.6 Å². The molecule has 0 aliphatic carbocycles. The summed E-state index contributed by atoms with van der Waals surface area (Å²) in [5.74, 6) is -0.196. The number of anilines is 1. The maximum Gasteiger partial charge on any atom is 0.410 e. The van der Waals surface area contributed by atoms with Crippen molar-refractivity contribution in [3.05, 3.63) is 12.4 Å². The molecule has 2 heterocycles. The number of amides is 2. The Kier molecular flexibility index (Phi) is 4.73. The zero-order chi connectivity index (χ0) is 16.3. The summed E-state index contributed by atoms with van der Waals surface area (Å²) in [4.78, 5) is 26.3. The van der Waals surface area contributed by atoms with Gasteiger partial charge < -0.3 is 10.1 Å². The molecule has 1 fully saturated rings. The number of aryl methyl sites for hydroxylation is 1. The fourth-order valence-electron chi connectivity index (χ4n) is 2.45. The number of nitrogens with zero attached hydrogens (tertiary/aromatic N) is 3. The second-order valence-electron chi connectivity index (χ2n) is 6.58. The molecule has 2 amide bonds. The van der Waals surface area contributed by atoms with Gasteiger partial charge in [-0.25, -0.2) is 4.79 Å². The van der Waals surface area contributed by atoms with Crippen LogP contribution in [0.5, 0.6) is 0 Å². The molecule has 1 saturated heterocycles. The molecule has 22 heavy (non-hydrogen) atoms. The molecule has 0 saturated carbocycles. The van der Waals surface area contributed by atoms with Gasteiger partial charge in [0.05, 0.1) is 11.9 Å². The lowest BCUT2D eigenvalue weighted by Crippen LogP contribution is -2.51. The van der Waals surface area contributed by atoms with Gasteiger partial charge in [-0.15, -0.1) is 0 Å². The van der Waals surface area contributed by atoms with Crippen LogP contribution in [0.4, 0.5) is 10.5 Å². The smallest absolute Gasteiger partial charge is 0.410 e. The zero-order valence-corrected chi connectivity index (χ0v) is 13.6. The molecular formula is C15H24N4O3. The lowest BCUT2D eigenvalue weighted by atomic mass is 10.0. The third-order valence-electron chi connectivity index (χ3n) is 3.41. The molecule has 0 spiro atoms. The van der Waals surface area contributed by atoms with E-state index in [1.165, 1.54) is 4.90 Å². The molecule has 0 unspecified atom stereocenters. The SMILES string of the molecule is Cn1cc(NC(=O)[C@@H]2CCCCN2C(=O)OC(C)(C)C)cn1. The number of carbonyl (C=O) groups excluding carboxylic acids is 2. The summed E-state index contributed by atoms with van der Waals surface area (Å²) >= 11 is 0. The van der Waals surface area contributed by atoms with E-state index in [1.54, 1.807) is 24.1 Å². The summed E-state index contributed by atoms with van der Waals surface area (Å²) in [5.41, 5.74) is 0.0565. The van der Waals surface area contributed by atoms with Crippen LogP contribution in [0, 0.1) is 0 Å². The van der Waals surface area contributed by atoms with E-state index in [2.05, 4.69) is 10.4 Å². The van der Waals surface area contributed by atoms with Crippen LogP contribution in [-0.2, 0) is 16.6 Å². The van der Waals surface area contributed by atoms with Crippen molar-refractivity contribution < 1.29 is 14.3 Å². The van der Waals surface area contributed by atoms with Crippen molar-refractivity contribution in [3.8, 4) is 0 Å². The number of rotatable bonds is 2. The topological polar surface area (TPSA) is 76.5 Å². The van der Waals surface area contributed by atoms with Gasteiger partial charge in [-0.05, 0) is 40.0 Å². The van der Waals surface area contributed by atoms with Crippen LogP contribution < -0.4 is 5.32 Å². The van der Waals surface area contributed by atoms with Crippen LogP contribution in [0.15, 0.2) is 12.4 Å². The first-order chi connectivity index (χ1) is 10.3. The summed E-state index contributed by atoms with van der Waals surface area (Å²) < 4.78 is 7.02. The monoisotopic (exact) mass is 308 g/mol. The van der Waals surface area contributed by atoms with Crippen LogP contribution in [0.25, 0.3) is 0 Å². The Morgan fingerprint density at radius 1 is 1.36 bits per heavy atom. The number of nitrogens with one attached hydrogen (secondary N) is 1. The molecule has 1 aliphatic rings. The highest BCUT2D eigenvalue weighted by molar-refractivity contribution is 5.96. The average Bonchev–Trinajstić information content (AvgIpc) is 2.82. The van der Waals surface area contributed by atoms with E-state index < -0.39 is 17.7 Å². The number of aromatic nitrogens is 2. The Labute approximate surface area is 130 Å². The zero-order valence-electron chi connectivity index (χ0n) is 13.6. The van der Waals surface area contributed by atoms with E-state index >= 15 is 0 Å². The second kappa shape index (κ2) is 6.37. The van der Waals surface area contributed by atoms with Gasteiger partial charge in [-0.1, -0.05) is 0 Å². The first-order valence-corrected chi connectivity index (χ1v) is 7.55. The van der Waals surface area contributed by atoms with E-state index in [-0.39, 0.29) is 5.91 Å². The number of ether oxygens (including phenoxy) is 1. The first kappa shape index (κ1) is 16.3. The first-order valence-electron chi connectivity index (χ1n) is 7.55. The minimum Gasteiger partial charge on any atom is -0.444 e.